The first-order valence-electron chi connectivity index (χ1n) is 14.9. The maximum atomic E-state index is 15.4. The number of hydrogen-bond acceptors (Lipinski definition) is 5. The first kappa shape index (κ1) is 29.2. The number of benzene rings is 2. The maximum absolute atomic E-state index is 15.4. The van der Waals surface area contributed by atoms with E-state index in [2.05, 4.69) is 37.5 Å². The van der Waals surface area contributed by atoms with Crippen LogP contribution >= 0.6 is 0 Å². The van der Waals surface area contributed by atoms with Crippen LogP contribution in [0.4, 0.5) is 4.39 Å². The molecule has 6 nitrogen and oxygen atoms in total. The Balaban J connectivity index is 1.30. The molecule has 0 amide bonds. The van der Waals surface area contributed by atoms with Gasteiger partial charge in [-0.05, 0) is 99.8 Å². The van der Waals surface area contributed by atoms with E-state index in [-0.39, 0.29) is 16.6 Å². The summed E-state index contributed by atoms with van der Waals surface area (Å²) in [6.45, 7) is 12.6. The van der Waals surface area contributed by atoms with Crippen molar-refractivity contribution in [1.29, 1.82) is 0 Å². The Morgan fingerprint density at radius 1 is 1.07 bits per heavy atom. The number of nitrogens with zero attached hydrogens (tertiary/aromatic N) is 4. The fourth-order valence-electron chi connectivity index (χ4n) is 7.11. The van der Waals surface area contributed by atoms with E-state index in [4.69, 9.17) is 4.98 Å². The van der Waals surface area contributed by atoms with Gasteiger partial charge >= 0.3 is 0 Å². The Labute approximate surface area is 239 Å². The molecule has 40 heavy (non-hydrogen) atoms. The molecule has 0 N–H and O–H groups in total. The topological polar surface area (TPSA) is 58.4 Å². The average Bonchev–Trinajstić information content (AvgIpc) is 3.23. The van der Waals surface area contributed by atoms with E-state index in [9.17, 15) is 8.42 Å². The number of rotatable bonds is 7. The normalized spacial score (nSPS) is 23.9. The number of sulfone groups is 1. The second-order valence-electron chi connectivity index (χ2n) is 12.6. The highest BCUT2D eigenvalue weighted by Gasteiger charge is 2.37. The third kappa shape index (κ3) is 5.86. The number of aromatic nitrogens is 2. The number of halogens is 1. The maximum Gasteiger partial charge on any atom is 0.175 e. The van der Waals surface area contributed by atoms with Crippen molar-refractivity contribution in [2.75, 3.05) is 25.9 Å². The molecule has 2 aromatic carbocycles. The summed E-state index contributed by atoms with van der Waals surface area (Å²) in [5.41, 5.74) is 3.12. The Kier molecular flexibility index (Phi) is 8.42. The molecule has 5 rings (SSSR count). The number of imidazole rings is 1. The average molecular weight is 569 g/mol. The van der Waals surface area contributed by atoms with Crippen molar-refractivity contribution >= 4 is 20.9 Å². The van der Waals surface area contributed by atoms with E-state index in [1.807, 2.05) is 17.7 Å². The van der Waals surface area contributed by atoms with Crippen molar-refractivity contribution in [3.8, 4) is 11.4 Å². The lowest BCUT2D eigenvalue weighted by atomic mass is 9.84. The minimum Gasteiger partial charge on any atom is -0.327 e. The summed E-state index contributed by atoms with van der Waals surface area (Å²) in [7, 11) is -1.33. The van der Waals surface area contributed by atoms with Gasteiger partial charge in [0.15, 0.2) is 9.84 Å². The molecule has 2 saturated heterocycles. The van der Waals surface area contributed by atoms with E-state index in [0.717, 1.165) is 42.6 Å². The van der Waals surface area contributed by atoms with Crippen LogP contribution in [0.5, 0.6) is 0 Å². The first-order chi connectivity index (χ1) is 19.0. The molecule has 0 aliphatic carbocycles. The van der Waals surface area contributed by atoms with Gasteiger partial charge in [-0.3, -0.25) is 4.90 Å². The van der Waals surface area contributed by atoms with Crippen LogP contribution in [0.25, 0.3) is 22.4 Å². The molecular formula is C32H45FN4O2S. The lowest BCUT2D eigenvalue weighted by molar-refractivity contribution is 0.0112. The summed E-state index contributed by atoms with van der Waals surface area (Å²) in [5, 5.41) is 0. The van der Waals surface area contributed by atoms with Crippen LogP contribution in [0.3, 0.4) is 0 Å². The molecule has 2 fully saturated rings. The van der Waals surface area contributed by atoms with E-state index in [0.29, 0.717) is 35.4 Å². The van der Waals surface area contributed by atoms with Crippen molar-refractivity contribution in [3.63, 3.8) is 0 Å². The molecule has 0 spiro atoms. The molecule has 3 aromatic rings. The van der Waals surface area contributed by atoms with Crippen LogP contribution in [0.15, 0.2) is 41.3 Å². The number of piperidine rings is 2. The molecule has 3 unspecified atom stereocenters. The molecule has 8 heteroatoms. The highest BCUT2D eigenvalue weighted by Crippen LogP contribution is 2.37. The fraction of sp³-hybridized carbons (Fsp3) is 0.594. The fourth-order valence-corrected chi connectivity index (χ4v) is 7.74. The highest BCUT2D eigenvalue weighted by molar-refractivity contribution is 7.90. The predicted molar refractivity (Wildman–Crippen MR) is 161 cm³/mol. The largest absolute Gasteiger partial charge is 0.327 e. The number of fused-ring (bicyclic) bond motifs is 1. The summed E-state index contributed by atoms with van der Waals surface area (Å²) >= 11 is 0. The Morgan fingerprint density at radius 2 is 1.75 bits per heavy atom. The second-order valence-corrected chi connectivity index (χ2v) is 14.6. The molecule has 1 aromatic heterocycles. The number of aryl methyl sites for hydroxylation is 1. The van der Waals surface area contributed by atoms with Crippen molar-refractivity contribution in [2.45, 2.75) is 88.7 Å². The van der Waals surface area contributed by atoms with E-state index < -0.39 is 9.84 Å². The van der Waals surface area contributed by atoms with Crippen molar-refractivity contribution in [2.24, 2.45) is 13.0 Å². The molecular weight excluding hydrogens is 523 g/mol. The minimum atomic E-state index is -3.27. The Hall–Kier alpha value is -2.29. The third-order valence-electron chi connectivity index (χ3n) is 9.27. The molecule has 218 valence electrons. The van der Waals surface area contributed by atoms with Crippen LogP contribution in [-0.4, -0.2) is 71.8 Å². The van der Waals surface area contributed by atoms with Crippen LogP contribution in [0.2, 0.25) is 0 Å². The highest BCUT2D eigenvalue weighted by atomic mass is 32.2. The number of likely N-dealkylation sites (tertiary alicyclic amines) is 2. The summed E-state index contributed by atoms with van der Waals surface area (Å²) in [5.74, 6) is 1.41. The van der Waals surface area contributed by atoms with E-state index in [1.165, 1.54) is 32.1 Å². The van der Waals surface area contributed by atoms with Crippen molar-refractivity contribution in [3.05, 3.63) is 47.8 Å². The van der Waals surface area contributed by atoms with Gasteiger partial charge in [-0.1, -0.05) is 20.8 Å². The van der Waals surface area contributed by atoms with Crippen LogP contribution < -0.4 is 0 Å². The van der Waals surface area contributed by atoms with Gasteiger partial charge < -0.3 is 9.47 Å². The smallest absolute Gasteiger partial charge is 0.175 e. The standard InChI is InChI=1S/C32H45FN4O2S/c1-7-25-17-26(16-22(4)37(25)20-21(2)3)36-14-12-23(13-15-36)28-18-31-30(19-29(28)33)34-32(35(31)5)24-8-10-27(11-9-24)40(6,38)39/h8-11,18-19,21-23,25-26H,7,12-17,20H2,1-6H3. The quantitative estimate of drug-likeness (QED) is 0.337. The lowest BCUT2D eigenvalue weighted by Gasteiger charge is -2.49. The van der Waals surface area contributed by atoms with Gasteiger partial charge in [-0.15, -0.1) is 0 Å². The molecule has 3 atom stereocenters. The van der Waals surface area contributed by atoms with E-state index in [1.54, 1.807) is 30.3 Å². The molecule has 2 aliphatic heterocycles. The lowest BCUT2D eigenvalue weighted by Crippen LogP contribution is -2.55. The van der Waals surface area contributed by atoms with Gasteiger partial charge in [0, 0.05) is 49.6 Å². The molecule has 0 radical (unpaired) electrons. The van der Waals surface area contributed by atoms with Gasteiger partial charge in [-0.25, -0.2) is 17.8 Å². The third-order valence-corrected chi connectivity index (χ3v) is 10.4. The van der Waals surface area contributed by atoms with Crippen LogP contribution in [-0.2, 0) is 16.9 Å². The zero-order valence-electron chi connectivity index (χ0n) is 24.9. The summed E-state index contributed by atoms with van der Waals surface area (Å²) < 4.78 is 41.1. The summed E-state index contributed by atoms with van der Waals surface area (Å²) in [6, 6.07) is 12.2. The molecule has 0 bridgehead atoms. The van der Waals surface area contributed by atoms with Gasteiger partial charge in [0.2, 0.25) is 0 Å². The van der Waals surface area contributed by atoms with E-state index >= 15 is 4.39 Å². The molecule has 2 aliphatic rings. The van der Waals surface area contributed by atoms with Gasteiger partial charge in [0.25, 0.3) is 0 Å². The predicted octanol–water partition coefficient (Wildman–Crippen LogP) is 6.25. The SMILES string of the molecule is CCC1CC(N2CCC(c3cc4c(cc3F)nc(-c3ccc(S(C)(=O)=O)cc3)n4C)CC2)CC(C)N1CC(C)C. The summed E-state index contributed by atoms with van der Waals surface area (Å²) in [6.07, 6.45) is 6.79. The van der Waals surface area contributed by atoms with Gasteiger partial charge in [0.1, 0.15) is 11.6 Å². The first-order valence-corrected chi connectivity index (χ1v) is 16.8. The Bertz CT molecular complexity index is 1440. The minimum absolute atomic E-state index is 0.176. The zero-order valence-corrected chi connectivity index (χ0v) is 25.7. The molecule has 0 saturated carbocycles. The van der Waals surface area contributed by atoms with Crippen LogP contribution in [0.1, 0.15) is 71.3 Å². The van der Waals surface area contributed by atoms with Crippen LogP contribution in [0, 0.1) is 11.7 Å². The van der Waals surface area contributed by atoms with Crippen molar-refractivity contribution < 1.29 is 12.8 Å². The van der Waals surface area contributed by atoms with Crippen molar-refractivity contribution in [1.82, 2.24) is 19.4 Å². The van der Waals surface area contributed by atoms with Gasteiger partial charge in [0.05, 0.1) is 15.9 Å². The van der Waals surface area contributed by atoms with Gasteiger partial charge in [-0.2, -0.15) is 0 Å². The zero-order chi connectivity index (χ0) is 28.8. The second kappa shape index (κ2) is 11.5. The number of hydrogen-bond donors (Lipinski definition) is 0. The molecule has 3 heterocycles. The Morgan fingerprint density at radius 3 is 2.35 bits per heavy atom. The monoisotopic (exact) mass is 568 g/mol. The summed E-state index contributed by atoms with van der Waals surface area (Å²) in [4.78, 5) is 10.4.